The summed E-state index contributed by atoms with van der Waals surface area (Å²) in [5.74, 6) is 9.19. The fraction of sp³-hybridized carbons (Fsp3) is 0.500. The van der Waals surface area contributed by atoms with Crippen LogP contribution in [-0.2, 0) is 38.5 Å². The fourth-order valence-corrected chi connectivity index (χ4v) is 13.1. The second-order valence-electron chi connectivity index (χ2n) is 24.0. The van der Waals surface area contributed by atoms with E-state index in [-0.39, 0.29) is 17.8 Å². The molecule has 510 valence electrons. The minimum Gasteiger partial charge on any atom is -0.493 e. The molecule has 3 aliphatic rings. The monoisotopic (exact) mass is 1300 g/mol. The lowest BCUT2D eigenvalue weighted by molar-refractivity contribution is 0.00591. The highest BCUT2D eigenvalue weighted by molar-refractivity contribution is 5.91. The van der Waals surface area contributed by atoms with Crippen molar-refractivity contribution in [3.05, 3.63) is 69.8 Å². The summed E-state index contributed by atoms with van der Waals surface area (Å²) >= 11 is 0. The molecule has 9 rings (SSSR count). The predicted molar refractivity (Wildman–Crippen MR) is 355 cm³/mol. The Bertz CT molecular complexity index is 3270. The summed E-state index contributed by atoms with van der Waals surface area (Å²) in [5.41, 5.74) is 7.37. The van der Waals surface area contributed by atoms with Crippen LogP contribution in [0.2, 0.25) is 0 Å². The average Bonchev–Trinajstić information content (AvgIpc) is 0.754. The van der Waals surface area contributed by atoms with E-state index in [0.717, 1.165) is 66.8 Å². The average molecular weight is 1300 g/mol. The molecule has 0 saturated heterocycles. The van der Waals surface area contributed by atoms with Crippen molar-refractivity contribution in [3.63, 3.8) is 0 Å². The Hall–Kier alpha value is -8.40. The maximum atomic E-state index is 11.3. The van der Waals surface area contributed by atoms with Gasteiger partial charge in [-0.2, -0.15) is 0 Å². The van der Waals surface area contributed by atoms with Gasteiger partial charge in [0.1, 0.15) is 0 Å². The molecule has 21 nitrogen and oxygen atoms in total. The van der Waals surface area contributed by atoms with Gasteiger partial charge in [-0.15, -0.1) is 0 Å². The first-order chi connectivity index (χ1) is 44.3. The van der Waals surface area contributed by atoms with Crippen LogP contribution in [0.1, 0.15) is 74.9 Å². The molecule has 0 amide bonds. The van der Waals surface area contributed by atoms with Crippen molar-refractivity contribution >= 4 is 0 Å². The van der Waals surface area contributed by atoms with Crippen LogP contribution in [0.15, 0.2) is 36.4 Å². The van der Waals surface area contributed by atoms with Gasteiger partial charge in [-0.1, -0.05) is 20.8 Å². The van der Waals surface area contributed by atoms with E-state index < -0.39 is 16.8 Å². The highest BCUT2D eigenvalue weighted by Gasteiger charge is 2.42. The van der Waals surface area contributed by atoms with Crippen LogP contribution in [0, 0.1) is 17.8 Å². The lowest BCUT2D eigenvalue weighted by Crippen LogP contribution is -2.37. The third-order valence-corrected chi connectivity index (χ3v) is 18.6. The topological polar surface area (TPSA) is 227 Å². The highest BCUT2D eigenvalue weighted by atomic mass is 16.6. The van der Waals surface area contributed by atoms with Gasteiger partial charge in [0.15, 0.2) is 69.0 Å². The van der Waals surface area contributed by atoms with Gasteiger partial charge in [0.05, 0.1) is 145 Å². The molecule has 0 unspecified atom stereocenters. The largest absolute Gasteiger partial charge is 0.493 e. The van der Waals surface area contributed by atoms with Crippen LogP contribution >= 0.6 is 0 Å². The fourth-order valence-electron chi connectivity index (χ4n) is 13.1. The molecule has 93 heavy (non-hydrogen) atoms. The number of ether oxygens (including phenoxy) is 18. The van der Waals surface area contributed by atoms with Gasteiger partial charge in [0, 0.05) is 52.6 Å². The first-order valence-electron chi connectivity index (χ1n) is 30.4. The van der Waals surface area contributed by atoms with Crippen molar-refractivity contribution in [2.75, 3.05) is 128 Å². The second-order valence-corrected chi connectivity index (χ2v) is 24.0. The quantitative estimate of drug-likeness (QED) is 0.0727. The molecule has 3 N–H and O–H groups in total. The molecule has 3 aliphatic carbocycles. The normalized spacial score (nSPS) is 20.0. The molecule has 0 aliphatic heterocycles. The summed E-state index contributed by atoms with van der Waals surface area (Å²) in [6.07, 6.45) is 3.02. The van der Waals surface area contributed by atoms with Crippen LogP contribution in [0.5, 0.6) is 103 Å². The van der Waals surface area contributed by atoms with Gasteiger partial charge in [0.2, 0.25) is 34.5 Å². The third kappa shape index (κ3) is 13.3. The molecule has 0 aromatic heterocycles. The van der Waals surface area contributed by atoms with Gasteiger partial charge in [-0.3, -0.25) is 0 Å². The van der Waals surface area contributed by atoms with E-state index in [0.29, 0.717) is 142 Å². The van der Waals surface area contributed by atoms with Crippen molar-refractivity contribution in [2.24, 2.45) is 17.8 Å². The lowest BCUT2D eigenvalue weighted by Gasteiger charge is -2.36. The zero-order chi connectivity index (χ0) is 68.8. The second kappa shape index (κ2) is 29.7. The smallest absolute Gasteiger partial charge is 0.203 e. The Morgan fingerprint density at radius 2 is 0.376 bits per heavy atom. The van der Waals surface area contributed by atoms with Crippen molar-refractivity contribution in [1.29, 1.82) is 0 Å². The third-order valence-electron chi connectivity index (χ3n) is 18.6. The number of benzene rings is 6. The summed E-state index contributed by atoms with van der Waals surface area (Å²) in [4.78, 5) is 0. The van der Waals surface area contributed by atoms with E-state index in [2.05, 4.69) is 0 Å². The molecule has 0 heterocycles. The molecule has 6 aromatic rings. The van der Waals surface area contributed by atoms with Crippen molar-refractivity contribution in [1.82, 2.24) is 0 Å². The van der Waals surface area contributed by atoms with Crippen LogP contribution in [0.25, 0.3) is 33.4 Å². The number of hydrogen-bond donors (Lipinski definition) is 3. The van der Waals surface area contributed by atoms with Gasteiger partial charge in [-0.25, -0.2) is 0 Å². The summed E-state index contributed by atoms with van der Waals surface area (Å²) < 4.78 is 102. The number of hydrogen-bond acceptors (Lipinski definition) is 21. The molecule has 0 bridgehead atoms. The van der Waals surface area contributed by atoms with E-state index in [1.54, 1.807) is 128 Å². The maximum Gasteiger partial charge on any atom is 0.203 e. The minimum atomic E-state index is -0.961. The number of methoxy groups -OCH3 is 18. The summed E-state index contributed by atoms with van der Waals surface area (Å²) in [6.45, 7) is 11.7. The Balaban J connectivity index is 0.000000198. The Kier molecular flexibility index (Phi) is 23.0. The zero-order valence-corrected chi connectivity index (χ0v) is 58.6. The summed E-state index contributed by atoms with van der Waals surface area (Å²) in [6, 6.07) is 11.5. The van der Waals surface area contributed by atoms with E-state index in [1.165, 1.54) is 0 Å². The van der Waals surface area contributed by atoms with E-state index in [4.69, 9.17) is 85.3 Å². The van der Waals surface area contributed by atoms with Crippen molar-refractivity contribution < 1.29 is 101 Å². The van der Waals surface area contributed by atoms with E-state index in [1.807, 2.05) is 77.9 Å². The Morgan fingerprint density at radius 3 is 0.516 bits per heavy atom. The highest BCUT2D eigenvalue weighted by Crippen LogP contribution is 2.60. The lowest BCUT2D eigenvalue weighted by atomic mass is 9.75. The SMILES string of the molecule is COc1cc2c(c(OC)c1OC)-c1c(cc(OC)c(OC)c1OC)C[C@](C)(O)[C@@H](C)C2.COc1cc2c(c(OC)c1OC)-c1c(cc(OC)c(OC)c1OC)C[C@](C)(O)[C@@H](C)C2.COc1cc2c(c(OC)c1OC)-c1c(cc(OC)c(OC)c1OC)C[C@](C)(O)[C@@H](C)C2. The number of aliphatic hydroxyl groups is 3. The summed E-state index contributed by atoms with van der Waals surface area (Å²) in [5, 5.41) is 34.0. The molecular weight excluding hydrogens is 1200 g/mol. The van der Waals surface area contributed by atoms with Crippen LogP contribution in [0.3, 0.4) is 0 Å². The van der Waals surface area contributed by atoms with Crippen molar-refractivity contribution in [3.8, 4) is 137 Å². The van der Waals surface area contributed by atoms with Crippen LogP contribution < -0.4 is 85.3 Å². The molecule has 0 fully saturated rings. The summed E-state index contributed by atoms with van der Waals surface area (Å²) in [7, 11) is 28.5. The number of fused-ring (bicyclic) bond motifs is 9. The first-order valence-corrected chi connectivity index (χ1v) is 30.4. The maximum absolute atomic E-state index is 11.3. The minimum absolute atomic E-state index is 0.0405. The molecule has 0 spiro atoms. The van der Waals surface area contributed by atoms with Gasteiger partial charge >= 0.3 is 0 Å². The van der Waals surface area contributed by atoms with E-state index in [9.17, 15) is 15.3 Å². The molecule has 6 atom stereocenters. The van der Waals surface area contributed by atoms with Gasteiger partial charge < -0.3 is 101 Å². The number of rotatable bonds is 18. The first kappa shape index (κ1) is 72.0. The Labute approximate surface area is 547 Å². The molecule has 21 heteroatoms. The predicted octanol–water partition coefficient (Wildman–Crippen LogP) is 11.7. The molecule has 0 saturated carbocycles. The van der Waals surface area contributed by atoms with E-state index >= 15 is 0 Å². The van der Waals surface area contributed by atoms with Crippen molar-refractivity contribution in [2.45, 2.75) is 96.9 Å². The van der Waals surface area contributed by atoms with Crippen LogP contribution in [0.4, 0.5) is 0 Å². The van der Waals surface area contributed by atoms with Gasteiger partial charge in [-0.05, 0) is 128 Å². The standard InChI is InChI=1S/3C24H32O7/c3*1-13-9-14-10-16(26-3)20(28-5)22(30-7)18(14)19-15(12-24(13,2)25)11-17(27-4)21(29-6)23(19)31-8/h3*10-11,13,25H,9,12H2,1-8H3/t3*13-,24-/m000/s1. The Morgan fingerprint density at radius 1 is 0.237 bits per heavy atom. The molecule has 0 radical (unpaired) electrons. The van der Waals surface area contributed by atoms with Crippen LogP contribution in [-0.4, -0.2) is 160 Å². The molecule has 6 aromatic carbocycles. The zero-order valence-electron chi connectivity index (χ0n) is 58.6. The molecular formula is C72H96O21. The van der Waals surface area contributed by atoms with Gasteiger partial charge in [0.25, 0.3) is 0 Å².